The van der Waals surface area contributed by atoms with E-state index in [1.165, 1.54) is 55.2 Å². The highest BCUT2D eigenvalue weighted by molar-refractivity contribution is 6.14. The van der Waals surface area contributed by atoms with Gasteiger partial charge in [0.1, 0.15) is 11.2 Å². The monoisotopic (exact) mass is 649 g/mol. The van der Waals surface area contributed by atoms with Crippen LogP contribution in [0.5, 0.6) is 0 Å². The Hall–Kier alpha value is -6.64. The zero-order valence-electron chi connectivity index (χ0n) is 27.8. The van der Waals surface area contributed by atoms with Crippen LogP contribution in [0.25, 0.3) is 71.7 Å². The second-order valence-electron chi connectivity index (χ2n) is 13.6. The van der Waals surface area contributed by atoms with Crippen LogP contribution >= 0.6 is 0 Å². The summed E-state index contributed by atoms with van der Waals surface area (Å²) in [6, 6.07) is 68.3. The zero-order valence-corrected chi connectivity index (χ0v) is 27.8. The molecule has 11 rings (SSSR count). The topological polar surface area (TPSA) is 18.1 Å². The lowest BCUT2D eigenvalue weighted by atomic mass is 9.67. The zero-order chi connectivity index (χ0) is 33.5. The highest BCUT2D eigenvalue weighted by Gasteiger charge is 2.46. The van der Waals surface area contributed by atoms with Crippen LogP contribution in [-0.2, 0) is 5.41 Å². The van der Waals surface area contributed by atoms with Crippen molar-refractivity contribution >= 4 is 43.7 Å². The molecular weight excluding hydrogens is 619 g/mol. The van der Waals surface area contributed by atoms with E-state index < -0.39 is 5.41 Å². The summed E-state index contributed by atoms with van der Waals surface area (Å²) < 4.78 is 9.36. The molecule has 0 atom stereocenters. The van der Waals surface area contributed by atoms with Crippen molar-refractivity contribution in [3.8, 4) is 27.9 Å². The minimum absolute atomic E-state index is 0.470. The normalized spacial score (nSPS) is 13.3. The molecule has 0 unspecified atom stereocenters. The lowest BCUT2D eigenvalue weighted by molar-refractivity contribution is 0.667. The molecule has 0 spiro atoms. The molecule has 1 aliphatic rings. The highest BCUT2D eigenvalue weighted by Crippen LogP contribution is 2.57. The van der Waals surface area contributed by atoms with Gasteiger partial charge in [-0.3, -0.25) is 0 Å². The SMILES string of the molecule is c1ccc(-n2c3ccccc3c3cc(-c4cccc5c4oc4cc6c(cc45)-c4ccccc4C6(c4ccccc4)c4ccccc4)ccc32)cc1. The van der Waals surface area contributed by atoms with Crippen molar-refractivity contribution in [2.45, 2.75) is 5.41 Å². The van der Waals surface area contributed by atoms with Crippen molar-refractivity contribution in [3.05, 3.63) is 210 Å². The Labute approximate surface area is 295 Å². The number of benzene rings is 8. The lowest BCUT2D eigenvalue weighted by Gasteiger charge is -2.33. The Balaban J connectivity index is 1.16. The van der Waals surface area contributed by atoms with Crippen molar-refractivity contribution in [1.29, 1.82) is 0 Å². The fourth-order valence-electron chi connectivity index (χ4n) is 8.95. The number of fused-ring (bicyclic) bond motifs is 9. The summed E-state index contributed by atoms with van der Waals surface area (Å²) in [5.74, 6) is 0. The van der Waals surface area contributed by atoms with Gasteiger partial charge in [-0.05, 0) is 81.4 Å². The maximum Gasteiger partial charge on any atom is 0.143 e. The number of aromatic nitrogens is 1. The van der Waals surface area contributed by atoms with Gasteiger partial charge >= 0.3 is 0 Å². The van der Waals surface area contributed by atoms with Crippen LogP contribution < -0.4 is 0 Å². The van der Waals surface area contributed by atoms with Gasteiger partial charge in [-0.15, -0.1) is 0 Å². The summed E-state index contributed by atoms with van der Waals surface area (Å²) in [5, 5.41) is 4.74. The summed E-state index contributed by atoms with van der Waals surface area (Å²) >= 11 is 0. The molecule has 0 fully saturated rings. The van der Waals surface area contributed by atoms with Crippen molar-refractivity contribution < 1.29 is 4.42 Å². The molecule has 0 amide bonds. The minimum Gasteiger partial charge on any atom is -0.455 e. The van der Waals surface area contributed by atoms with Gasteiger partial charge in [0.2, 0.25) is 0 Å². The first-order valence-corrected chi connectivity index (χ1v) is 17.6. The third kappa shape index (κ3) is 3.87. The van der Waals surface area contributed by atoms with Gasteiger partial charge in [0.15, 0.2) is 0 Å². The standard InChI is InChI=1S/C49H31NO/c1-4-15-33(16-5-1)49(34-17-6-2-7-18-34)43-25-12-10-21-37(43)40-30-42-39-24-14-23-36(48(39)51-47(42)31-44(40)49)32-27-28-46-41(29-32)38-22-11-13-26-45(38)50(46)35-19-8-3-9-20-35/h1-31H. The molecular formula is C49H31NO. The Morgan fingerprint density at radius 3 is 1.80 bits per heavy atom. The predicted molar refractivity (Wildman–Crippen MR) is 211 cm³/mol. The van der Waals surface area contributed by atoms with Crippen molar-refractivity contribution in [2.75, 3.05) is 0 Å². The van der Waals surface area contributed by atoms with Gasteiger partial charge in [0.25, 0.3) is 0 Å². The maximum atomic E-state index is 7.00. The molecule has 8 aromatic carbocycles. The van der Waals surface area contributed by atoms with Gasteiger partial charge in [-0.2, -0.15) is 0 Å². The minimum atomic E-state index is -0.470. The summed E-state index contributed by atoms with van der Waals surface area (Å²) in [4.78, 5) is 0. The summed E-state index contributed by atoms with van der Waals surface area (Å²) in [6.07, 6.45) is 0. The van der Waals surface area contributed by atoms with Crippen LogP contribution in [0.3, 0.4) is 0 Å². The largest absolute Gasteiger partial charge is 0.455 e. The molecule has 0 N–H and O–H groups in total. The Bertz CT molecular complexity index is 2910. The molecule has 0 saturated carbocycles. The Morgan fingerprint density at radius 1 is 0.392 bits per heavy atom. The number of para-hydroxylation sites is 3. The number of nitrogens with zero attached hydrogens (tertiary/aromatic N) is 1. The summed E-state index contributed by atoms with van der Waals surface area (Å²) in [5.41, 5.74) is 14.7. The molecule has 0 bridgehead atoms. The second-order valence-corrected chi connectivity index (χ2v) is 13.6. The van der Waals surface area contributed by atoms with Crippen LogP contribution in [0.15, 0.2) is 192 Å². The molecule has 2 heterocycles. The molecule has 2 nitrogen and oxygen atoms in total. The average Bonchev–Trinajstić information content (AvgIpc) is 3.84. The third-order valence-electron chi connectivity index (χ3n) is 11.1. The van der Waals surface area contributed by atoms with E-state index in [-0.39, 0.29) is 0 Å². The predicted octanol–water partition coefficient (Wildman–Crippen LogP) is 12.7. The molecule has 0 radical (unpaired) electrons. The third-order valence-corrected chi connectivity index (χ3v) is 11.1. The van der Waals surface area contributed by atoms with Gasteiger partial charge < -0.3 is 8.98 Å². The first kappa shape index (κ1) is 28.2. The van der Waals surface area contributed by atoms with Gasteiger partial charge in [0.05, 0.1) is 16.4 Å². The Kier molecular flexibility index (Phi) is 5.91. The molecule has 238 valence electrons. The van der Waals surface area contributed by atoms with Gasteiger partial charge in [-0.1, -0.05) is 146 Å². The first-order chi connectivity index (χ1) is 25.3. The van der Waals surface area contributed by atoms with E-state index in [0.29, 0.717) is 0 Å². The van der Waals surface area contributed by atoms with Crippen LogP contribution in [0.4, 0.5) is 0 Å². The summed E-state index contributed by atoms with van der Waals surface area (Å²) in [7, 11) is 0. The van der Waals surface area contributed by atoms with E-state index >= 15 is 0 Å². The van der Waals surface area contributed by atoms with Crippen LogP contribution in [0.2, 0.25) is 0 Å². The second kappa shape index (κ2) is 10.7. The van der Waals surface area contributed by atoms with Crippen molar-refractivity contribution in [2.24, 2.45) is 0 Å². The van der Waals surface area contributed by atoms with E-state index in [9.17, 15) is 0 Å². The fourth-order valence-corrected chi connectivity index (χ4v) is 8.95. The van der Waals surface area contributed by atoms with E-state index in [1.54, 1.807) is 0 Å². The molecule has 10 aromatic rings. The smallest absolute Gasteiger partial charge is 0.143 e. The fraction of sp³-hybridized carbons (Fsp3) is 0.0204. The molecule has 0 aliphatic heterocycles. The first-order valence-electron chi connectivity index (χ1n) is 17.6. The molecule has 51 heavy (non-hydrogen) atoms. The van der Waals surface area contributed by atoms with E-state index in [0.717, 1.165) is 38.8 Å². The number of hydrogen-bond acceptors (Lipinski definition) is 1. The molecule has 0 saturated heterocycles. The van der Waals surface area contributed by atoms with E-state index in [2.05, 4.69) is 193 Å². The highest BCUT2D eigenvalue weighted by atomic mass is 16.3. The molecule has 2 heteroatoms. The number of rotatable bonds is 4. The number of furan rings is 1. The Morgan fingerprint density at radius 2 is 1.02 bits per heavy atom. The quantitative estimate of drug-likeness (QED) is 0.186. The maximum absolute atomic E-state index is 7.00. The summed E-state index contributed by atoms with van der Waals surface area (Å²) in [6.45, 7) is 0. The van der Waals surface area contributed by atoms with E-state index in [1.807, 2.05) is 0 Å². The average molecular weight is 650 g/mol. The molecule has 1 aliphatic carbocycles. The van der Waals surface area contributed by atoms with Crippen LogP contribution in [-0.4, -0.2) is 4.57 Å². The van der Waals surface area contributed by atoms with E-state index in [4.69, 9.17) is 4.42 Å². The van der Waals surface area contributed by atoms with Gasteiger partial charge in [0, 0.05) is 32.8 Å². The van der Waals surface area contributed by atoms with Crippen LogP contribution in [0.1, 0.15) is 22.3 Å². The van der Waals surface area contributed by atoms with Crippen LogP contribution in [0, 0.1) is 0 Å². The van der Waals surface area contributed by atoms with Crippen molar-refractivity contribution in [3.63, 3.8) is 0 Å². The molecule has 2 aromatic heterocycles. The number of hydrogen-bond donors (Lipinski definition) is 0. The van der Waals surface area contributed by atoms with Gasteiger partial charge in [-0.25, -0.2) is 0 Å². The van der Waals surface area contributed by atoms with Crippen molar-refractivity contribution in [1.82, 2.24) is 4.57 Å². The lowest BCUT2D eigenvalue weighted by Crippen LogP contribution is -2.28.